The van der Waals surface area contributed by atoms with Gasteiger partial charge in [0.15, 0.2) is 0 Å². The van der Waals surface area contributed by atoms with Crippen molar-refractivity contribution in [3.8, 4) is 0 Å². The van der Waals surface area contributed by atoms with Crippen LogP contribution < -0.4 is 21.5 Å². The van der Waals surface area contributed by atoms with Crippen LogP contribution in [0.3, 0.4) is 0 Å². The van der Waals surface area contributed by atoms with Crippen LogP contribution in [-0.2, 0) is 12.4 Å². The minimum Gasteiger partial charge on any atom is -0.350 e. The lowest BCUT2D eigenvalue weighted by Crippen LogP contribution is -2.35. The van der Waals surface area contributed by atoms with Crippen LogP contribution in [0.1, 0.15) is 11.1 Å². The lowest BCUT2D eigenvalue weighted by molar-refractivity contribution is -0.138. The molecular weight excluding hydrogens is 390 g/mol. The van der Waals surface area contributed by atoms with Gasteiger partial charge < -0.3 is 10.6 Å². The summed E-state index contributed by atoms with van der Waals surface area (Å²) in [6.07, 6.45) is -9.04. The Hall–Kier alpha value is -3.30. The van der Waals surface area contributed by atoms with Crippen molar-refractivity contribution >= 4 is 22.7 Å². The lowest BCUT2D eigenvalue weighted by atomic mass is 10.1. The normalized spacial score (nSPS) is 12.2. The maximum Gasteiger partial charge on any atom is 0.416 e. The lowest BCUT2D eigenvalue weighted by Gasteiger charge is -2.16. The highest BCUT2D eigenvalue weighted by atomic mass is 19.4. The van der Waals surface area contributed by atoms with Crippen LogP contribution in [0, 0.1) is 0 Å². The average Bonchev–Trinajstić information content (AvgIpc) is 2.63. The zero-order valence-electron chi connectivity index (χ0n) is 13.7. The summed E-state index contributed by atoms with van der Waals surface area (Å²) in [5.41, 5.74) is -3.67. The molecule has 0 radical (unpaired) electrons. The third-order valence-corrected chi connectivity index (χ3v) is 3.87. The van der Waals surface area contributed by atoms with E-state index >= 15 is 0 Å². The van der Waals surface area contributed by atoms with Gasteiger partial charge in [-0.2, -0.15) is 26.3 Å². The first-order chi connectivity index (χ1) is 13.0. The molecule has 0 spiro atoms. The van der Waals surface area contributed by atoms with Crippen molar-refractivity contribution in [1.82, 2.24) is 0 Å². The van der Waals surface area contributed by atoms with E-state index in [-0.39, 0.29) is 22.7 Å². The van der Waals surface area contributed by atoms with E-state index in [0.717, 1.165) is 48.5 Å². The second kappa shape index (κ2) is 6.70. The van der Waals surface area contributed by atoms with E-state index in [0.29, 0.717) is 0 Å². The maximum absolute atomic E-state index is 12.6. The van der Waals surface area contributed by atoms with Gasteiger partial charge >= 0.3 is 12.4 Å². The number of rotatable bonds is 4. The van der Waals surface area contributed by atoms with Gasteiger partial charge in [0.25, 0.3) is 10.9 Å². The molecule has 0 bridgehead atoms. The summed E-state index contributed by atoms with van der Waals surface area (Å²) < 4.78 is 75.4. The number of nitrogens with one attached hydrogen (secondary N) is 2. The summed E-state index contributed by atoms with van der Waals surface area (Å²) >= 11 is 0. The molecule has 0 aliphatic carbocycles. The Labute approximate surface area is 153 Å². The molecule has 10 heteroatoms. The fraction of sp³-hybridized carbons (Fsp3) is 0.111. The summed E-state index contributed by atoms with van der Waals surface area (Å²) in [6.45, 7) is 0. The minimum atomic E-state index is -4.52. The van der Waals surface area contributed by atoms with Gasteiger partial charge in [0.1, 0.15) is 11.4 Å². The Morgan fingerprint density at radius 3 is 1.07 bits per heavy atom. The molecule has 0 aromatic heterocycles. The van der Waals surface area contributed by atoms with Crippen molar-refractivity contribution in [2.24, 2.45) is 0 Å². The van der Waals surface area contributed by atoms with E-state index in [1.54, 1.807) is 0 Å². The summed E-state index contributed by atoms with van der Waals surface area (Å²) in [5.74, 6) is 0. The molecule has 0 unspecified atom stereocenters. The standard InChI is InChI=1S/C18H10F6N2O2/c19-17(20,21)9-1-5-11(6-2-9)25-13-14(16(28)15(13)27)26-12-7-3-10(4-8-12)18(22,23)24/h1-8,25-26H. The molecule has 3 aromatic carbocycles. The van der Waals surface area contributed by atoms with Gasteiger partial charge in [-0.3, -0.25) is 9.59 Å². The molecule has 2 N–H and O–H groups in total. The fourth-order valence-corrected chi connectivity index (χ4v) is 2.40. The topological polar surface area (TPSA) is 58.2 Å². The van der Waals surface area contributed by atoms with E-state index < -0.39 is 34.3 Å². The second-order valence-corrected chi connectivity index (χ2v) is 5.81. The number of benzene rings is 2. The Balaban J connectivity index is 1.80. The molecule has 0 fully saturated rings. The first kappa shape index (κ1) is 19.5. The fourth-order valence-electron chi connectivity index (χ4n) is 2.40. The summed E-state index contributed by atoms with van der Waals surface area (Å²) in [5, 5.41) is 5.09. The Morgan fingerprint density at radius 1 is 0.536 bits per heavy atom. The molecule has 146 valence electrons. The SMILES string of the molecule is O=c1c(Nc2ccc(C(F)(F)F)cc2)c(Nc2ccc(C(F)(F)F)cc2)c1=O. The third-order valence-electron chi connectivity index (χ3n) is 3.87. The largest absolute Gasteiger partial charge is 0.416 e. The Bertz CT molecular complexity index is 973. The molecule has 0 aliphatic heterocycles. The van der Waals surface area contributed by atoms with Gasteiger partial charge in [-0.15, -0.1) is 0 Å². The van der Waals surface area contributed by atoms with E-state index in [4.69, 9.17) is 0 Å². The number of alkyl halides is 6. The maximum atomic E-state index is 12.6. The van der Waals surface area contributed by atoms with Crippen molar-refractivity contribution in [2.45, 2.75) is 12.4 Å². The highest BCUT2D eigenvalue weighted by molar-refractivity contribution is 5.82. The average molecular weight is 400 g/mol. The number of halogens is 6. The van der Waals surface area contributed by atoms with Gasteiger partial charge in [0.2, 0.25) is 0 Å². The molecule has 3 rings (SSSR count). The first-order valence-electron chi connectivity index (χ1n) is 7.68. The van der Waals surface area contributed by atoms with Crippen molar-refractivity contribution in [1.29, 1.82) is 0 Å². The van der Waals surface area contributed by atoms with Gasteiger partial charge in [0.05, 0.1) is 11.1 Å². The number of hydrogen-bond acceptors (Lipinski definition) is 4. The van der Waals surface area contributed by atoms with Crippen LogP contribution in [0.15, 0.2) is 58.1 Å². The van der Waals surface area contributed by atoms with E-state index in [1.807, 2.05) is 0 Å². The van der Waals surface area contributed by atoms with E-state index in [1.165, 1.54) is 0 Å². The van der Waals surface area contributed by atoms with Crippen LogP contribution in [-0.4, -0.2) is 0 Å². The smallest absolute Gasteiger partial charge is 0.350 e. The van der Waals surface area contributed by atoms with Gasteiger partial charge in [0, 0.05) is 11.4 Å². The third kappa shape index (κ3) is 3.85. The van der Waals surface area contributed by atoms with E-state index in [9.17, 15) is 35.9 Å². The number of hydrogen-bond donors (Lipinski definition) is 2. The second-order valence-electron chi connectivity index (χ2n) is 5.81. The molecule has 0 aliphatic rings. The van der Waals surface area contributed by atoms with Crippen LogP contribution in [0.4, 0.5) is 49.1 Å². The first-order valence-corrected chi connectivity index (χ1v) is 7.68. The molecule has 0 atom stereocenters. The van der Waals surface area contributed by atoms with Crippen molar-refractivity contribution in [3.63, 3.8) is 0 Å². The number of anilines is 4. The molecule has 0 saturated heterocycles. The Kier molecular flexibility index (Phi) is 4.66. The van der Waals surface area contributed by atoms with Crippen LogP contribution >= 0.6 is 0 Å². The summed E-state index contributed by atoms with van der Waals surface area (Å²) in [6, 6.07) is 7.55. The predicted octanol–water partition coefficient (Wildman–Crippen LogP) is 4.81. The Morgan fingerprint density at radius 2 is 0.821 bits per heavy atom. The van der Waals surface area contributed by atoms with E-state index in [2.05, 4.69) is 10.6 Å². The summed E-state index contributed by atoms with van der Waals surface area (Å²) in [4.78, 5) is 23.5. The van der Waals surface area contributed by atoms with Crippen molar-refractivity contribution in [2.75, 3.05) is 10.6 Å². The van der Waals surface area contributed by atoms with Gasteiger partial charge in [-0.05, 0) is 48.5 Å². The molecule has 28 heavy (non-hydrogen) atoms. The highest BCUT2D eigenvalue weighted by Gasteiger charge is 2.31. The van der Waals surface area contributed by atoms with Crippen LogP contribution in [0.5, 0.6) is 0 Å². The molecule has 0 amide bonds. The zero-order valence-corrected chi connectivity index (χ0v) is 13.7. The van der Waals surface area contributed by atoms with Crippen LogP contribution in [0.2, 0.25) is 0 Å². The highest BCUT2D eigenvalue weighted by Crippen LogP contribution is 2.32. The monoisotopic (exact) mass is 400 g/mol. The molecule has 4 nitrogen and oxygen atoms in total. The van der Waals surface area contributed by atoms with Crippen molar-refractivity contribution in [3.05, 3.63) is 80.1 Å². The molecule has 3 aromatic rings. The van der Waals surface area contributed by atoms with Crippen LogP contribution in [0.25, 0.3) is 0 Å². The zero-order chi connectivity index (χ0) is 20.7. The molecule has 0 heterocycles. The predicted molar refractivity (Wildman–Crippen MR) is 90.8 cm³/mol. The minimum absolute atomic E-state index is 0.135. The molecular formula is C18H10F6N2O2. The quantitative estimate of drug-likeness (QED) is 0.488. The molecule has 0 saturated carbocycles. The van der Waals surface area contributed by atoms with Crippen molar-refractivity contribution < 1.29 is 26.3 Å². The summed E-state index contributed by atoms with van der Waals surface area (Å²) in [7, 11) is 0. The van der Waals surface area contributed by atoms with Gasteiger partial charge in [-0.1, -0.05) is 0 Å². The van der Waals surface area contributed by atoms with Gasteiger partial charge in [-0.25, -0.2) is 0 Å².